The summed E-state index contributed by atoms with van der Waals surface area (Å²) < 4.78 is 19.0. The lowest BCUT2D eigenvalue weighted by Gasteiger charge is -2.44. The Morgan fingerprint density at radius 3 is 2.26 bits per heavy atom. The van der Waals surface area contributed by atoms with E-state index < -0.39 is 19.1 Å². The zero-order chi connectivity index (χ0) is 17.4. The van der Waals surface area contributed by atoms with Crippen LogP contribution in [0.25, 0.3) is 0 Å². The van der Waals surface area contributed by atoms with Gasteiger partial charge in [-0.3, -0.25) is 9.00 Å². The summed E-state index contributed by atoms with van der Waals surface area (Å²) in [5, 5.41) is 2.50. The lowest BCUT2D eigenvalue weighted by molar-refractivity contribution is -0.136. The molecule has 1 aromatic carbocycles. The van der Waals surface area contributed by atoms with E-state index in [1.165, 1.54) is 0 Å². The molecule has 0 aliphatic carbocycles. The van der Waals surface area contributed by atoms with Crippen molar-refractivity contribution in [2.45, 2.75) is 62.2 Å². The molecule has 0 radical (unpaired) electrons. The Bertz CT molecular complexity index is 598. The highest BCUT2D eigenvalue weighted by atomic mass is 32.2. The van der Waals surface area contributed by atoms with E-state index in [2.05, 4.69) is 39.2 Å². The Kier molecular flexibility index (Phi) is 5.18. The molecule has 0 bridgehead atoms. The van der Waals surface area contributed by atoms with Crippen molar-refractivity contribution in [2.24, 2.45) is 5.92 Å². The van der Waals surface area contributed by atoms with Crippen molar-refractivity contribution in [3.63, 3.8) is 0 Å². The van der Waals surface area contributed by atoms with Gasteiger partial charge in [0.25, 0.3) is 0 Å². The third kappa shape index (κ3) is 3.75. The standard InChI is InChI=1S/C17H27NO3SSi/c1-12(21-23(5,6)17(2,3)4)14-15(19)18-16(14)22(20)13-10-8-7-9-11-13/h7-12,14,16H,1-6H3,(H,18,19)/t12-,14+,16+,22?/m1/s1. The molecule has 0 saturated carbocycles. The van der Waals surface area contributed by atoms with Crippen molar-refractivity contribution in [3.8, 4) is 0 Å². The summed E-state index contributed by atoms with van der Waals surface area (Å²) in [7, 11) is -3.22. The molecule has 23 heavy (non-hydrogen) atoms. The Morgan fingerprint density at radius 1 is 1.22 bits per heavy atom. The Balaban J connectivity index is 2.12. The molecule has 1 aliphatic heterocycles. The van der Waals surface area contributed by atoms with Crippen molar-refractivity contribution in [3.05, 3.63) is 30.3 Å². The molecule has 0 aromatic heterocycles. The van der Waals surface area contributed by atoms with Crippen LogP contribution in [0.4, 0.5) is 0 Å². The molecule has 1 aromatic rings. The van der Waals surface area contributed by atoms with Crippen LogP contribution in [0.5, 0.6) is 0 Å². The van der Waals surface area contributed by atoms with Gasteiger partial charge < -0.3 is 9.74 Å². The van der Waals surface area contributed by atoms with Gasteiger partial charge in [0.15, 0.2) is 8.32 Å². The van der Waals surface area contributed by atoms with Crippen molar-refractivity contribution < 1.29 is 13.4 Å². The van der Waals surface area contributed by atoms with E-state index in [0.717, 1.165) is 4.90 Å². The maximum atomic E-state index is 12.7. The van der Waals surface area contributed by atoms with Gasteiger partial charge in [0, 0.05) is 4.90 Å². The first-order valence-corrected chi connectivity index (χ1v) is 12.1. The Labute approximate surface area is 142 Å². The van der Waals surface area contributed by atoms with Gasteiger partial charge in [0.1, 0.15) is 5.37 Å². The van der Waals surface area contributed by atoms with E-state index in [4.69, 9.17) is 4.43 Å². The summed E-state index contributed by atoms with van der Waals surface area (Å²) in [6, 6.07) is 9.27. The summed E-state index contributed by atoms with van der Waals surface area (Å²) in [4.78, 5) is 12.8. The van der Waals surface area contributed by atoms with Gasteiger partial charge in [-0.2, -0.15) is 0 Å². The number of hydrogen-bond acceptors (Lipinski definition) is 3. The number of carbonyl (C=O) groups is 1. The second-order valence-corrected chi connectivity index (χ2v) is 14.0. The van der Waals surface area contributed by atoms with Gasteiger partial charge in [-0.1, -0.05) is 39.0 Å². The molecule has 1 heterocycles. The van der Waals surface area contributed by atoms with Crippen LogP contribution >= 0.6 is 0 Å². The lowest BCUT2D eigenvalue weighted by Crippen LogP contribution is -2.65. The van der Waals surface area contributed by atoms with E-state index >= 15 is 0 Å². The number of rotatable bonds is 5. The zero-order valence-electron chi connectivity index (χ0n) is 14.8. The SMILES string of the molecule is C[C@@H](O[Si](C)(C)C(C)(C)C)[C@H]1C(=O)N[C@H]1S(=O)c1ccccc1. The minimum absolute atomic E-state index is 0.0644. The quantitative estimate of drug-likeness (QED) is 0.653. The highest BCUT2D eigenvalue weighted by molar-refractivity contribution is 7.85. The number of benzene rings is 1. The topological polar surface area (TPSA) is 55.4 Å². The third-order valence-corrected chi connectivity index (χ3v) is 11.1. The van der Waals surface area contributed by atoms with E-state index in [-0.39, 0.29) is 28.3 Å². The van der Waals surface area contributed by atoms with Crippen LogP contribution in [0.15, 0.2) is 35.2 Å². The van der Waals surface area contributed by atoms with Gasteiger partial charge in [-0.25, -0.2) is 0 Å². The molecule has 4 nitrogen and oxygen atoms in total. The molecule has 0 spiro atoms. The van der Waals surface area contributed by atoms with E-state index in [0.29, 0.717) is 0 Å². The van der Waals surface area contributed by atoms with Crippen molar-refractivity contribution in [2.75, 3.05) is 0 Å². The highest BCUT2D eigenvalue weighted by Crippen LogP contribution is 2.39. The van der Waals surface area contributed by atoms with Gasteiger partial charge in [-0.15, -0.1) is 0 Å². The zero-order valence-corrected chi connectivity index (χ0v) is 16.6. The van der Waals surface area contributed by atoms with E-state index in [1.807, 2.05) is 37.3 Å². The van der Waals surface area contributed by atoms with Crippen molar-refractivity contribution in [1.29, 1.82) is 0 Å². The number of carbonyl (C=O) groups excluding carboxylic acids is 1. The number of nitrogens with one attached hydrogen (secondary N) is 1. The third-order valence-electron chi connectivity index (χ3n) is 4.91. The van der Waals surface area contributed by atoms with Gasteiger partial charge in [-0.05, 0) is 37.2 Å². The Hall–Kier alpha value is -0.983. The first-order chi connectivity index (χ1) is 10.5. The number of β-lactam (4-membered cyclic amide) rings is 1. The molecular weight excluding hydrogens is 326 g/mol. The molecule has 1 N–H and O–H groups in total. The fourth-order valence-electron chi connectivity index (χ4n) is 2.43. The summed E-state index contributed by atoms with van der Waals surface area (Å²) >= 11 is 0. The first kappa shape index (κ1) is 18.4. The lowest BCUT2D eigenvalue weighted by atomic mass is 9.96. The molecule has 1 unspecified atom stereocenters. The molecule has 1 aliphatic rings. The molecule has 128 valence electrons. The summed E-state index contributed by atoms with van der Waals surface area (Å²) in [5.41, 5.74) is 0. The molecule has 1 amide bonds. The predicted molar refractivity (Wildman–Crippen MR) is 96.0 cm³/mol. The van der Waals surface area contributed by atoms with Crippen LogP contribution in [0.1, 0.15) is 27.7 Å². The van der Waals surface area contributed by atoms with Crippen molar-refractivity contribution in [1.82, 2.24) is 5.32 Å². The minimum Gasteiger partial charge on any atom is -0.413 e. The molecule has 2 rings (SSSR count). The largest absolute Gasteiger partial charge is 0.413 e. The van der Waals surface area contributed by atoms with Crippen LogP contribution < -0.4 is 5.32 Å². The molecule has 1 fully saturated rings. The smallest absolute Gasteiger partial charge is 0.229 e. The van der Waals surface area contributed by atoms with Crippen LogP contribution in [-0.2, 0) is 20.0 Å². The van der Waals surface area contributed by atoms with Gasteiger partial charge >= 0.3 is 0 Å². The fourth-order valence-corrected chi connectivity index (χ4v) is 5.41. The van der Waals surface area contributed by atoms with E-state index in [9.17, 15) is 9.00 Å². The predicted octanol–water partition coefficient (Wildman–Crippen LogP) is 3.28. The molecular formula is C17H27NO3SSi. The van der Waals surface area contributed by atoms with Crippen molar-refractivity contribution >= 4 is 25.0 Å². The van der Waals surface area contributed by atoms with E-state index in [1.54, 1.807) is 0 Å². The summed E-state index contributed by atoms with van der Waals surface area (Å²) in [5.74, 6) is -0.421. The average molecular weight is 354 g/mol. The normalized spacial score (nSPS) is 24.5. The van der Waals surface area contributed by atoms with Crippen LogP contribution in [0.2, 0.25) is 18.1 Å². The average Bonchev–Trinajstić information content (AvgIpc) is 2.42. The monoisotopic (exact) mass is 353 g/mol. The Morgan fingerprint density at radius 2 is 1.78 bits per heavy atom. The number of hydrogen-bond donors (Lipinski definition) is 1. The van der Waals surface area contributed by atoms with Crippen LogP contribution in [-0.4, -0.2) is 29.9 Å². The van der Waals surface area contributed by atoms with Gasteiger partial charge in [0.05, 0.1) is 22.8 Å². The maximum Gasteiger partial charge on any atom is 0.229 e. The second kappa shape index (κ2) is 6.49. The molecule has 6 heteroatoms. The summed E-state index contributed by atoms with van der Waals surface area (Å²) in [6.07, 6.45) is -0.234. The van der Waals surface area contributed by atoms with Crippen LogP contribution in [0.3, 0.4) is 0 Å². The minimum atomic E-state index is -1.97. The number of amides is 1. The second-order valence-electron chi connectivity index (χ2n) is 7.65. The highest BCUT2D eigenvalue weighted by Gasteiger charge is 2.49. The maximum absolute atomic E-state index is 12.7. The van der Waals surface area contributed by atoms with Gasteiger partial charge in [0.2, 0.25) is 5.91 Å². The fraction of sp³-hybridized carbons (Fsp3) is 0.588. The van der Waals surface area contributed by atoms with Crippen LogP contribution in [0, 0.1) is 5.92 Å². The first-order valence-electron chi connectivity index (χ1n) is 7.98. The molecule has 4 atom stereocenters. The molecule has 1 saturated heterocycles. The summed E-state index contributed by atoms with van der Waals surface area (Å²) in [6.45, 7) is 12.8.